The number of ether oxygens (including phenoxy) is 1. The zero-order valence-electron chi connectivity index (χ0n) is 16.4. The number of aromatic nitrogens is 2. The van der Waals surface area contributed by atoms with Gasteiger partial charge in [0.25, 0.3) is 5.69 Å². The predicted molar refractivity (Wildman–Crippen MR) is 120 cm³/mol. The van der Waals surface area contributed by atoms with Crippen molar-refractivity contribution in [2.45, 2.75) is 19.8 Å². The molecule has 0 bridgehead atoms. The Kier molecular flexibility index (Phi) is 5.85. The molecule has 2 aromatic carbocycles. The first-order valence-electron chi connectivity index (χ1n) is 9.62. The molecule has 1 N–H and O–H groups in total. The summed E-state index contributed by atoms with van der Waals surface area (Å²) in [4.78, 5) is 20.4. The smallest absolute Gasteiger partial charge is 0.270 e. The van der Waals surface area contributed by atoms with E-state index >= 15 is 0 Å². The van der Waals surface area contributed by atoms with Gasteiger partial charge in [0, 0.05) is 28.8 Å². The van der Waals surface area contributed by atoms with E-state index in [9.17, 15) is 10.1 Å². The summed E-state index contributed by atoms with van der Waals surface area (Å²) < 4.78 is 5.71. The van der Waals surface area contributed by atoms with Crippen LogP contribution in [0.5, 0.6) is 5.75 Å². The van der Waals surface area contributed by atoms with E-state index in [2.05, 4.69) is 22.2 Å². The molecule has 0 saturated carbocycles. The van der Waals surface area contributed by atoms with Crippen LogP contribution in [0.15, 0.2) is 60.2 Å². The number of nitro groups is 1. The molecular weight excluding hydrogens is 400 g/mol. The number of hydrogen-bond acceptors (Lipinski definition) is 7. The van der Waals surface area contributed by atoms with Crippen LogP contribution in [0.3, 0.4) is 0 Å². The van der Waals surface area contributed by atoms with Crippen molar-refractivity contribution in [3.8, 4) is 16.9 Å². The molecule has 4 rings (SSSR count). The minimum Gasteiger partial charge on any atom is -0.494 e. The average molecular weight is 420 g/mol. The lowest BCUT2D eigenvalue weighted by Crippen LogP contribution is -1.98. The van der Waals surface area contributed by atoms with Gasteiger partial charge in [0.2, 0.25) is 0 Å². The van der Waals surface area contributed by atoms with Crippen molar-refractivity contribution in [2.24, 2.45) is 0 Å². The summed E-state index contributed by atoms with van der Waals surface area (Å²) in [5.74, 6) is 1.48. The number of nitrogens with zero attached hydrogens (tertiary/aromatic N) is 3. The van der Waals surface area contributed by atoms with Crippen LogP contribution < -0.4 is 10.1 Å². The monoisotopic (exact) mass is 420 g/mol. The number of nitrogens with one attached hydrogen (secondary N) is 1. The van der Waals surface area contributed by atoms with Crippen LogP contribution in [-0.2, 0) is 0 Å². The molecule has 0 aliphatic carbocycles. The summed E-state index contributed by atoms with van der Waals surface area (Å²) in [6.45, 7) is 2.84. The second-order valence-electron chi connectivity index (χ2n) is 6.71. The highest BCUT2D eigenvalue weighted by Crippen LogP contribution is 2.38. The molecule has 2 aromatic heterocycles. The van der Waals surface area contributed by atoms with Gasteiger partial charge in [-0.15, -0.1) is 11.3 Å². The van der Waals surface area contributed by atoms with Crippen molar-refractivity contribution in [2.75, 3.05) is 11.9 Å². The van der Waals surface area contributed by atoms with E-state index in [-0.39, 0.29) is 5.69 Å². The fraction of sp³-hybridized carbons (Fsp3) is 0.182. The number of thiophene rings is 1. The second kappa shape index (κ2) is 8.87. The van der Waals surface area contributed by atoms with Crippen molar-refractivity contribution in [3.05, 3.63) is 70.4 Å². The molecule has 0 amide bonds. The molecule has 0 aliphatic rings. The zero-order chi connectivity index (χ0) is 20.9. The molecule has 0 aliphatic heterocycles. The molecule has 0 fully saturated rings. The Hall–Kier alpha value is -3.52. The molecule has 0 atom stereocenters. The normalized spacial score (nSPS) is 10.8. The van der Waals surface area contributed by atoms with Crippen LogP contribution in [0.1, 0.15) is 19.8 Å². The number of nitro benzene ring substituents is 1. The first-order valence-corrected chi connectivity index (χ1v) is 10.5. The van der Waals surface area contributed by atoms with Crippen LogP contribution in [0.4, 0.5) is 17.2 Å². The molecule has 8 heteroatoms. The number of hydrogen-bond donors (Lipinski definition) is 1. The van der Waals surface area contributed by atoms with Crippen LogP contribution in [0.2, 0.25) is 0 Å². The Morgan fingerprint density at radius 3 is 2.77 bits per heavy atom. The van der Waals surface area contributed by atoms with Crippen molar-refractivity contribution < 1.29 is 9.66 Å². The fourth-order valence-electron chi connectivity index (χ4n) is 3.07. The van der Waals surface area contributed by atoms with Gasteiger partial charge in [-0.25, -0.2) is 9.97 Å². The highest BCUT2D eigenvalue weighted by atomic mass is 32.1. The van der Waals surface area contributed by atoms with E-state index in [1.165, 1.54) is 23.7 Å². The molecule has 0 spiro atoms. The zero-order valence-corrected chi connectivity index (χ0v) is 17.2. The van der Waals surface area contributed by atoms with Crippen molar-refractivity contribution >= 4 is 38.7 Å². The Bertz CT molecular complexity index is 1170. The average Bonchev–Trinajstić information content (AvgIpc) is 3.20. The predicted octanol–water partition coefficient (Wildman–Crippen LogP) is 6.19. The molecule has 7 nitrogen and oxygen atoms in total. The number of unbranched alkanes of at least 4 members (excludes halogenated alkanes) is 1. The number of fused-ring (bicyclic) bond motifs is 1. The molecule has 2 heterocycles. The molecule has 4 aromatic rings. The lowest BCUT2D eigenvalue weighted by molar-refractivity contribution is -0.384. The van der Waals surface area contributed by atoms with Gasteiger partial charge in [0.05, 0.1) is 16.9 Å². The first-order chi connectivity index (χ1) is 14.7. The van der Waals surface area contributed by atoms with Gasteiger partial charge in [0.1, 0.15) is 22.7 Å². The third-order valence-electron chi connectivity index (χ3n) is 4.62. The summed E-state index contributed by atoms with van der Waals surface area (Å²) in [5, 5.41) is 17.3. The summed E-state index contributed by atoms with van der Waals surface area (Å²) in [5.41, 5.74) is 2.54. The maximum Gasteiger partial charge on any atom is 0.270 e. The van der Waals surface area contributed by atoms with Crippen LogP contribution in [0, 0.1) is 10.1 Å². The number of non-ortho nitro benzene ring substituents is 1. The molecule has 30 heavy (non-hydrogen) atoms. The van der Waals surface area contributed by atoms with Gasteiger partial charge in [-0.1, -0.05) is 25.5 Å². The van der Waals surface area contributed by atoms with Crippen molar-refractivity contribution in [1.29, 1.82) is 0 Å². The lowest BCUT2D eigenvalue weighted by atomic mass is 10.1. The summed E-state index contributed by atoms with van der Waals surface area (Å²) >= 11 is 1.48. The third kappa shape index (κ3) is 4.23. The standard InChI is InChI=1S/C22H20N4O3S/c1-2-3-11-29-18-9-7-16(8-10-18)25-21-20-19(13-30-22(20)24-14-23-21)15-5-4-6-17(12-15)26(27)28/h4-10,12-14H,2-3,11H2,1H3,(H,23,24,25). The Morgan fingerprint density at radius 2 is 2.00 bits per heavy atom. The fourth-order valence-corrected chi connectivity index (χ4v) is 3.99. The van der Waals surface area contributed by atoms with Crippen molar-refractivity contribution in [1.82, 2.24) is 9.97 Å². The minimum atomic E-state index is -0.391. The van der Waals surface area contributed by atoms with Gasteiger partial charge in [-0.3, -0.25) is 10.1 Å². The Balaban J connectivity index is 1.65. The van der Waals surface area contributed by atoms with Gasteiger partial charge in [-0.05, 0) is 36.2 Å². The van der Waals surface area contributed by atoms with Crippen LogP contribution >= 0.6 is 11.3 Å². The topological polar surface area (TPSA) is 90.2 Å². The van der Waals surface area contributed by atoms with E-state index in [1.807, 2.05) is 35.7 Å². The highest BCUT2D eigenvalue weighted by molar-refractivity contribution is 7.17. The van der Waals surface area contributed by atoms with E-state index in [4.69, 9.17) is 4.74 Å². The van der Waals surface area contributed by atoms with E-state index < -0.39 is 4.92 Å². The lowest BCUT2D eigenvalue weighted by Gasteiger charge is -2.10. The Labute approximate surface area is 177 Å². The highest BCUT2D eigenvalue weighted by Gasteiger charge is 2.15. The van der Waals surface area contributed by atoms with E-state index in [0.29, 0.717) is 12.4 Å². The summed E-state index contributed by atoms with van der Waals surface area (Å²) in [6, 6.07) is 14.3. The maximum atomic E-state index is 11.2. The van der Waals surface area contributed by atoms with Gasteiger partial charge in [-0.2, -0.15) is 0 Å². The van der Waals surface area contributed by atoms with E-state index in [1.54, 1.807) is 12.1 Å². The summed E-state index contributed by atoms with van der Waals surface area (Å²) in [7, 11) is 0. The Morgan fingerprint density at radius 1 is 1.17 bits per heavy atom. The first kappa shape index (κ1) is 19.8. The number of anilines is 2. The summed E-state index contributed by atoms with van der Waals surface area (Å²) in [6.07, 6.45) is 3.63. The van der Waals surface area contributed by atoms with Crippen molar-refractivity contribution in [3.63, 3.8) is 0 Å². The third-order valence-corrected chi connectivity index (χ3v) is 5.51. The quantitative estimate of drug-likeness (QED) is 0.208. The van der Waals surface area contributed by atoms with Gasteiger partial charge in [0.15, 0.2) is 0 Å². The van der Waals surface area contributed by atoms with E-state index in [0.717, 1.165) is 45.6 Å². The minimum absolute atomic E-state index is 0.0527. The second-order valence-corrected chi connectivity index (χ2v) is 7.57. The number of rotatable bonds is 8. The molecule has 0 unspecified atom stereocenters. The maximum absolute atomic E-state index is 11.2. The molecule has 152 valence electrons. The van der Waals surface area contributed by atoms with Gasteiger partial charge >= 0.3 is 0 Å². The van der Waals surface area contributed by atoms with Crippen LogP contribution in [0.25, 0.3) is 21.3 Å². The SMILES string of the molecule is CCCCOc1ccc(Nc2ncnc3scc(-c4cccc([N+](=O)[O-])c4)c23)cc1. The number of benzene rings is 2. The van der Waals surface area contributed by atoms with Crippen LogP contribution in [-0.4, -0.2) is 21.5 Å². The largest absolute Gasteiger partial charge is 0.494 e. The van der Waals surface area contributed by atoms with Gasteiger partial charge < -0.3 is 10.1 Å². The molecule has 0 radical (unpaired) electrons. The molecule has 0 saturated heterocycles. The molecular formula is C22H20N4O3S.